The van der Waals surface area contributed by atoms with E-state index in [0.29, 0.717) is 13.2 Å². The fourth-order valence-electron chi connectivity index (χ4n) is 2.36. The van der Waals surface area contributed by atoms with Crippen molar-refractivity contribution in [1.82, 2.24) is 4.90 Å². The van der Waals surface area contributed by atoms with Gasteiger partial charge in [-0.3, -0.25) is 0 Å². The lowest BCUT2D eigenvalue weighted by atomic mass is 10.1. The molecule has 0 aromatic rings. The summed E-state index contributed by atoms with van der Waals surface area (Å²) in [5.41, 5.74) is 0. The van der Waals surface area contributed by atoms with Crippen LogP contribution in [-0.4, -0.2) is 41.4 Å². The number of ether oxygens (including phenoxy) is 1. The first-order valence-corrected chi connectivity index (χ1v) is 4.83. The fourth-order valence-corrected chi connectivity index (χ4v) is 2.36. The largest absolute Gasteiger partial charge is 0.450 e. The minimum atomic E-state index is -0.220. The molecular weight excluding hydrogens is 170 g/mol. The van der Waals surface area contributed by atoms with Crippen LogP contribution in [0.1, 0.15) is 19.8 Å². The first kappa shape index (κ1) is 8.81. The van der Waals surface area contributed by atoms with Crippen LogP contribution < -0.4 is 0 Å². The molecule has 1 saturated heterocycles. The van der Waals surface area contributed by atoms with Gasteiger partial charge in [0.15, 0.2) is 0 Å². The van der Waals surface area contributed by atoms with Gasteiger partial charge < -0.3 is 14.7 Å². The van der Waals surface area contributed by atoms with E-state index in [0.717, 1.165) is 12.8 Å². The van der Waals surface area contributed by atoms with Gasteiger partial charge >= 0.3 is 6.09 Å². The average molecular weight is 185 g/mol. The third-order valence-corrected chi connectivity index (χ3v) is 3.01. The molecule has 0 spiro atoms. The van der Waals surface area contributed by atoms with Crippen LogP contribution in [0.4, 0.5) is 4.79 Å². The Kier molecular flexibility index (Phi) is 2.15. The van der Waals surface area contributed by atoms with Crippen LogP contribution in [0, 0.1) is 5.92 Å². The van der Waals surface area contributed by atoms with E-state index >= 15 is 0 Å². The molecule has 2 aliphatic rings. The highest BCUT2D eigenvalue weighted by molar-refractivity contribution is 5.68. The molecule has 1 aliphatic heterocycles. The maximum Gasteiger partial charge on any atom is 0.410 e. The molecule has 1 heterocycles. The molecule has 1 aliphatic carbocycles. The molecule has 13 heavy (non-hydrogen) atoms. The summed E-state index contributed by atoms with van der Waals surface area (Å²) >= 11 is 0. The molecule has 4 heteroatoms. The van der Waals surface area contributed by atoms with Crippen LogP contribution in [0.3, 0.4) is 0 Å². The van der Waals surface area contributed by atoms with Crippen molar-refractivity contribution in [3.63, 3.8) is 0 Å². The number of fused-ring (bicyclic) bond motifs is 2. The van der Waals surface area contributed by atoms with E-state index in [-0.39, 0.29) is 24.2 Å². The SMILES string of the molecule is CCOC(=O)N1CC2CC1CC2O. The predicted octanol–water partition coefficient (Wildman–Crippen LogP) is 0.598. The van der Waals surface area contributed by atoms with Gasteiger partial charge in [0.25, 0.3) is 0 Å². The van der Waals surface area contributed by atoms with Crippen molar-refractivity contribution in [1.29, 1.82) is 0 Å². The maximum atomic E-state index is 11.4. The Bertz CT molecular complexity index is 217. The quantitative estimate of drug-likeness (QED) is 0.650. The molecule has 4 nitrogen and oxygen atoms in total. The normalized spacial score (nSPS) is 36.8. The minimum absolute atomic E-state index is 0.198. The molecule has 2 fully saturated rings. The topological polar surface area (TPSA) is 49.8 Å². The van der Waals surface area contributed by atoms with Crippen LogP contribution in [0.5, 0.6) is 0 Å². The van der Waals surface area contributed by atoms with Crippen molar-refractivity contribution in [3.8, 4) is 0 Å². The number of hydrogen-bond donors (Lipinski definition) is 1. The minimum Gasteiger partial charge on any atom is -0.450 e. The van der Waals surface area contributed by atoms with Crippen molar-refractivity contribution in [3.05, 3.63) is 0 Å². The van der Waals surface area contributed by atoms with Gasteiger partial charge in [0.2, 0.25) is 0 Å². The summed E-state index contributed by atoms with van der Waals surface area (Å²) in [5.74, 6) is 0.286. The number of aliphatic hydroxyl groups excluding tert-OH is 1. The van der Waals surface area contributed by atoms with Crippen molar-refractivity contribution in [2.45, 2.75) is 31.9 Å². The van der Waals surface area contributed by atoms with Crippen LogP contribution in [0.25, 0.3) is 0 Å². The van der Waals surface area contributed by atoms with Crippen LogP contribution in [-0.2, 0) is 4.74 Å². The summed E-state index contributed by atoms with van der Waals surface area (Å²) < 4.78 is 4.92. The predicted molar refractivity (Wildman–Crippen MR) is 46.2 cm³/mol. The number of hydrogen-bond acceptors (Lipinski definition) is 3. The van der Waals surface area contributed by atoms with E-state index in [1.54, 1.807) is 11.8 Å². The lowest BCUT2D eigenvalue weighted by molar-refractivity contribution is 0.0567. The van der Waals surface area contributed by atoms with Crippen molar-refractivity contribution in [2.24, 2.45) is 5.92 Å². The molecule has 2 bridgehead atoms. The molecule has 1 amide bonds. The summed E-state index contributed by atoms with van der Waals surface area (Å²) in [6.07, 6.45) is 1.25. The number of piperidine rings is 1. The van der Waals surface area contributed by atoms with Gasteiger partial charge in [-0.2, -0.15) is 0 Å². The first-order valence-electron chi connectivity index (χ1n) is 4.83. The second kappa shape index (κ2) is 3.18. The van der Waals surface area contributed by atoms with Gasteiger partial charge in [0.05, 0.1) is 12.7 Å². The molecule has 0 aromatic carbocycles. The zero-order valence-electron chi connectivity index (χ0n) is 7.77. The van der Waals surface area contributed by atoms with E-state index in [1.165, 1.54) is 0 Å². The number of carbonyl (C=O) groups excluding carboxylic acids is 1. The third-order valence-electron chi connectivity index (χ3n) is 3.01. The summed E-state index contributed by atoms with van der Waals surface area (Å²) in [4.78, 5) is 13.1. The Hall–Kier alpha value is -0.770. The Labute approximate surface area is 77.5 Å². The van der Waals surface area contributed by atoms with Gasteiger partial charge in [0, 0.05) is 18.5 Å². The van der Waals surface area contributed by atoms with E-state index in [2.05, 4.69) is 0 Å². The standard InChI is InChI=1S/C9H15NO3/c1-2-13-9(12)10-5-6-3-7(10)4-8(6)11/h6-8,11H,2-5H2,1H3. The second-order valence-corrected chi connectivity index (χ2v) is 3.80. The van der Waals surface area contributed by atoms with Crippen molar-refractivity contribution < 1.29 is 14.6 Å². The number of aliphatic hydroxyl groups is 1. The summed E-state index contributed by atoms with van der Waals surface area (Å²) in [6, 6.07) is 0.221. The molecule has 0 aromatic heterocycles. The van der Waals surface area contributed by atoms with E-state index in [9.17, 15) is 9.90 Å². The van der Waals surface area contributed by atoms with E-state index < -0.39 is 0 Å². The van der Waals surface area contributed by atoms with Gasteiger partial charge in [-0.1, -0.05) is 0 Å². The fraction of sp³-hybridized carbons (Fsp3) is 0.889. The highest BCUT2D eigenvalue weighted by atomic mass is 16.6. The average Bonchev–Trinajstić information content (AvgIpc) is 2.62. The third kappa shape index (κ3) is 1.39. The Balaban J connectivity index is 1.95. The zero-order valence-corrected chi connectivity index (χ0v) is 7.77. The highest BCUT2D eigenvalue weighted by Crippen LogP contribution is 2.37. The van der Waals surface area contributed by atoms with Gasteiger partial charge in [0.1, 0.15) is 0 Å². The summed E-state index contributed by atoms with van der Waals surface area (Å²) in [6.45, 7) is 2.90. The lowest BCUT2D eigenvalue weighted by Gasteiger charge is -2.28. The van der Waals surface area contributed by atoms with Crippen LogP contribution >= 0.6 is 0 Å². The number of carbonyl (C=O) groups is 1. The second-order valence-electron chi connectivity index (χ2n) is 3.80. The Morgan fingerprint density at radius 2 is 2.38 bits per heavy atom. The molecule has 3 unspecified atom stereocenters. The van der Waals surface area contributed by atoms with Crippen molar-refractivity contribution in [2.75, 3.05) is 13.2 Å². The number of amides is 1. The summed E-state index contributed by atoms with van der Waals surface area (Å²) in [7, 11) is 0. The van der Waals surface area contributed by atoms with Crippen molar-refractivity contribution >= 4 is 6.09 Å². The molecule has 1 N–H and O–H groups in total. The maximum absolute atomic E-state index is 11.4. The van der Waals surface area contributed by atoms with Gasteiger partial charge in [-0.15, -0.1) is 0 Å². The highest BCUT2D eigenvalue weighted by Gasteiger charge is 2.46. The smallest absolute Gasteiger partial charge is 0.410 e. The van der Waals surface area contributed by atoms with Crippen LogP contribution in [0.15, 0.2) is 0 Å². The van der Waals surface area contributed by atoms with Gasteiger partial charge in [-0.05, 0) is 19.8 Å². The Morgan fingerprint density at radius 1 is 1.62 bits per heavy atom. The lowest BCUT2D eigenvalue weighted by Crippen LogP contribution is -2.41. The van der Waals surface area contributed by atoms with E-state index in [1.807, 2.05) is 0 Å². The zero-order chi connectivity index (χ0) is 9.42. The molecule has 0 radical (unpaired) electrons. The summed E-state index contributed by atoms with van der Waals surface area (Å²) in [5, 5.41) is 9.47. The Morgan fingerprint density at radius 3 is 2.85 bits per heavy atom. The van der Waals surface area contributed by atoms with Crippen LogP contribution in [0.2, 0.25) is 0 Å². The molecule has 2 rings (SSSR count). The number of likely N-dealkylation sites (tertiary alicyclic amines) is 1. The molecular formula is C9H15NO3. The van der Waals surface area contributed by atoms with E-state index in [4.69, 9.17) is 4.74 Å². The molecule has 74 valence electrons. The monoisotopic (exact) mass is 185 g/mol. The first-order chi connectivity index (χ1) is 6.22. The number of nitrogens with zero attached hydrogens (tertiary/aromatic N) is 1. The van der Waals surface area contributed by atoms with Gasteiger partial charge in [-0.25, -0.2) is 4.79 Å². The molecule has 1 saturated carbocycles. The number of rotatable bonds is 1. The molecule has 3 atom stereocenters.